The number of hydrogen-bond donors (Lipinski definition) is 1. The second-order valence-corrected chi connectivity index (χ2v) is 5.60. The summed E-state index contributed by atoms with van der Waals surface area (Å²) in [6.07, 6.45) is 1.98. The first-order valence-corrected chi connectivity index (χ1v) is 7.80. The van der Waals surface area contributed by atoms with Crippen LogP contribution in [0.5, 0.6) is 0 Å². The number of aromatic nitrogens is 1. The molecule has 0 aliphatic carbocycles. The number of Topliss-reactive ketones (excluding diaryl/α,β-unsaturated/α-hetero) is 1. The number of nitrogens with zero attached hydrogens (tertiary/aromatic N) is 2. The first-order valence-electron chi connectivity index (χ1n) is 6.81. The number of nitriles is 1. The van der Waals surface area contributed by atoms with Crippen LogP contribution in [0.2, 0.25) is 0 Å². The lowest BCUT2D eigenvalue weighted by atomic mass is 10.1. The van der Waals surface area contributed by atoms with Crippen molar-refractivity contribution in [1.29, 1.82) is 5.26 Å². The number of rotatable bonds is 7. The highest BCUT2D eigenvalue weighted by molar-refractivity contribution is 8.00. The van der Waals surface area contributed by atoms with Crippen molar-refractivity contribution in [1.82, 2.24) is 10.3 Å². The van der Waals surface area contributed by atoms with E-state index in [0.717, 1.165) is 12.8 Å². The van der Waals surface area contributed by atoms with Gasteiger partial charge in [-0.15, -0.1) is 0 Å². The third-order valence-electron chi connectivity index (χ3n) is 2.87. The third kappa shape index (κ3) is 5.20. The SMILES string of the molecule is CCCCNC(=O)CSc1nc(C)c(C(C)=O)cc1C#N. The molecule has 0 aliphatic rings. The number of unbranched alkanes of at least 4 members (excludes halogenated alkanes) is 1. The zero-order chi connectivity index (χ0) is 15.8. The Labute approximate surface area is 129 Å². The Morgan fingerprint density at radius 1 is 1.48 bits per heavy atom. The van der Waals surface area contributed by atoms with E-state index in [-0.39, 0.29) is 17.4 Å². The quantitative estimate of drug-likeness (QED) is 0.475. The minimum atomic E-state index is -0.120. The molecule has 1 heterocycles. The Balaban J connectivity index is 2.75. The smallest absolute Gasteiger partial charge is 0.230 e. The van der Waals surface area contributed by atoms with E-state index in [1.807, 2.05) is 6.07 Å². The van der Waals surface area contributed by atoms with Crippen molar-refractivity contribution in [2.45, 2.75) is 38.6 Å². The number of carbonyl (C=O) groups is 2. The van der Waals surface area contributed by atoms with Crippen molar-refractivity contribution >= 4 is 23.5 Å². The van der Waals surface area contributed by atoms with Gasteiger partial charge in [0.1, 0.15) is 11.1 Å². The predicted molar refractivity (Wildman–Crippen MR) is 82.3 cm³/mol. The third-order valence-corrected chi connectivity index (χ3v) is 3.86. The molecule has 0 saturated carbocycles. The van der Waals surface area contributed by atoms with Gasteiger partial charge in [0.05, 0.1) is 11.3 Å². The minimum absolute atomic E-state index is 0.0764. The van der Waals surface area contributed by atoms with Crippen molar-refractivity contribution in [3.05, 3.63) is 22.9 Å². The lowest BCUT2D eigenvalue weighted by Crippen LogP contribution is -2.26. The molecule has 0 aliphatic heterocycles. The van der Waals surface area contributed by atoms with Gasteiger partial charge in [0.15, 0.2) is 5.78 Å². The van der Waals surface area contributed by atoms with Gasteiger partial charge in [0.2, 0.25) is 5.91 Å². The van der Waals surface area contributed by atoms with E-state index in [2.05, 4.69) is 17.2 Å². The summed E-state index contributed by atoms with van der Waals surface area (Å²) in [4.78, 5) is 27.4. The zero-order valence-electron chi connectivity index (χ0n) is 12.5. The Morgan fingerprint density at radius 3 is 2.76 bits per heavy atom. The molecule has 1 rings (SSSR count). The summed E-state index contributed by atoms with van der Waals surface area (Å²) in [6.45, 7) is 5.89. The first kappa shape index (κ1) is 17.2. The molecule has 0 atom stereocenters. The number of aryl methyl sites for hydroxylation is 1. The van der Waals surface area contributed by atoms with Gasteiger partial charge in [0, 0.05) is 17.8 Å². The van der Waals surface area contributed by atoms with Crippen LogP contribution >= 0.6 is 11.8 Å². The predicted octanol–water partition coefficient (Wildman–Crippen LogP) is 2.47. The Hall–Kier alpha value is -1.87. The highest BCUT2D eigenvalue weighted by Crippen LogP contribution is 2.22. The molecular formula is C15H19N3O2S. The average molecular weight is 305 g/mol. The average Bonchev–Trinajstić information content (AvgIpc) is 2.45. The van der Waals surface area contributed by atoms with Crippen LogP contribution in [0.15, 0.2) is 11.1 Å². The monoisotopic (exact) mass is 305 g/mol. The first-order chi connectivity index (χ1) is 9.99. The standard InChI is InChI=1S/C15H19N3O2S/c1-4-5-6-17-14(20)9-21-15-12(8-16)7-13(11(3)19)10(2)18-15/h7H,4-6,9H2,1-3H3,(H,17,20). The maximum absolute atomic E-state index is 11.7. The molecule has 0 saturated heterocycles. The second kappa shape index (κ2) is 8.42. The van der Waals surface area contributed by atoms with Crippen LogP contribution in [0.3, 0.4) is 0 Å². The summed E-state index contributed by atoms with van der Waals surface area (Å²) in [5.74, 6) is 0.0161. The van der Waals surface area contributed by atoms with E-state index in [9.17, 15) is 9.59 Å². The fourth-order valence-corrected chi connectivity index (χ4v) is 2.55. The summed E-state index contributed by atoms with van der Waals surface area (Å²) in [5, 5.41) is 12.4. The maximum atomic E-state index is 11.7. The van der Waals surface area contributed by atoms with Gasteiger partial charge in [-0.25, -0.2) is 4.98 Å². The molecule has 1 N–H and O–H groups in total. The van der Waals surface area contributed by atoms with Crippen LogP contribution < -0.4 is 5.32 Å². The van der Waals surface area contributed by atoms with Crippen LogP contribution in [-0.4, -0.2) is 29.0 Å². The van der Waals surface area contributed by atoms with Crippen LogP contribution in [-0.2, 0) is 4.79 Å². The topological polar surface area (TPSA) is 82.8 Å². The molecule has 112 valence electrons. The van der Waals surface area contributed by atoms with Crippen LogP contribution in [0.4, 0.5) is 0 Å². The summed E-state index contributed by atoms with van der Waals surface area (Å²) in [5.41, 5.74) is 1.36. The highest BCUT2D eigenvalue weighted by atomic mass is 32.2. The molecule has 21 heavy (non-hydrogen) atoms. The largest absolute Gasteiger partial charge is 0.355 e. The molecular weight excluding hydrogens is 286 g/mol. The van der Waals surface area contributed by atoms with Crippen LogP contribution in [0, 0.1) is 18.3 Å². The number of amides is 1. The Morgan fingerprint density at radius 2 is 2.19 bits per heavy atom. The molecule has 0 spiro atoms. The van der Waals surface area contributed by atoms with Gasteiger partial charge in [-0.3, -0.25) is 9.59 Å². The van der Waals surface area contributed by atoms with Gasteiger partial charge in [-0.1, -0.05) is 25.1 Å². The van der Waals surface area contributed by atoms with Gasteiger partial charge in [-0.05, 0) is 26.3 Å². The Bertz CT molecular complexity index is 579. The second-order valence-electron chi connectivity index (χ2n) is 4.63. The van der Waals surface area contributed by atoms with Crippen molar-refractivity contribution < 1.29 is 9.59 Å². The van der Waals surface area contributed by atoms with Gasteiger partial charge < -0.3 is 5.32 Å². The van der Waals surface area contributed by atoms with Crippen molar-refractivity contribution in [3.63, 3.8) is 0 Å². The lowest BCUT2D eigenvalue weighted by molar-refractivity contribution is -0.118. The number of nitrogens with one attached hydrogen (secondary N) is 1. The zero-order valence-corrected chi connectivity index (χ0v) is 13.3. The molecule has 5 nitrogen and oxygen atoms in total. The number of thioether (sulfide) groups is 1. The van der Waals surface area contributed by atoms with E-state index in [1.165, 1.54) is 18.7 Å². The molecule has 6 heteroatoms. The van der Waals surface area contributed by atoms with E-state index >= 15 is 0 Å². The number of ketones is 1. The number of pyridine rings is 1. The van der Waals surface area contributed by atoms with E-state index in [4.69, 9.17) is 5.26 Å². The summed E-state index contributed by atoms with van der Waals surface area (Å²) < 4.78 is 0. The summed E-state index contributed by atoms with van der Waals surface area (Å²) in [7, 11) is 0. The lowest BCUT2D eigenvalue weighted by Gasteiger charge is -2.08. The summed E-state index contributed by atoms with van der Waals surface area (Å²) in [6, 6.07) is 3.57. The van der Waals surface area contributed by atoms with Crippen molar-refractivity contribution in [3.8, 4) is 6.07 Å². The highest BCUT2D eigenvalue weighted by Gasteiger charge is 2.13. The molecule has 0 bridgehead atoms. The molecule has 1 aromatic rings. The molecule has 0 radical (unpaired) electrons. The van der Waals surface area contributed by atoms with Gasteiger partial charge in [0.25, 0.3) is 0 Å². The van der Waals surface area contributed by atoms with Crippen molar-refractivity contribution in [2.24, 2.45) is 0 Å². The van der Waals surface area contributed by atoms with E-state index < -0.39 is 0 Å². The van der Waals surface area contributed by atoms with Crippen LogP contribution in [0.1, 0.15) is 48.3 Å². The summed E-state index contributed by atoms with van der Waals surface area (Å²) >= 11 is 1.22. The number of carbonyl (C=O) groups excluding carboxylic acids is 2. The fraction of sp³-hybridized carbons (Fsp3) is 0.467. The molecule has 1 amide bonds. The molecule has 0 unspecified atom stereocenters. The fourth-order valence-electron chi connectivity index (χ4n) is 1.72. The van der Waals surface area contributed by atoms with Crippen molar-refractivity contribution in [2.75, 3.05) is 12.3 Å². The van der Waals surface area contributed by atoms with Crippen LogP contribution in [0.25, 0.3) is 0 Å². The maximum Gasteiger partial charge on any atom is 0.230 e. The van der Waals surface area contributed by atoms with Gasteiger partial charge in [-0.2, -0.15) is 5.26 Å². The minimum Gasteiger partial charge on any atom is -0.355 e. The van der Waals surface area contributed by atoms with E-state index in [1.54, 1.807) is 13.0 Å². The normalized spacial score (nSPS) is 10.0. The number of hydrogen-bond acceptors (Lipinski definition) is 5. The Kier molecular flexibility index (Phi) is 6.89. The van der Waals surface area contributed by atoms with E-state index in [0.29, 0.717) is 28.4 Å². The molecule has 1 aromatic heterocycles. The molecule has 0 aromatic carbocycles. The van der Waals surface area contributed by atoms with Gasteiger partial charge >= 0.3 is 0 Å². The molecule has 0 fully saturated rings.